The van der Waals surface area contributed by atoms with Gasteiger partial charge in [-0.25, -0.2) is 14.2 Å². The van der Waals surface area contributed by atoms with Crippen molar-refractivity contribution in [3.05, 3.63) is 59.4 Å². The second-order valence-electron chi connectivity index (χ2n) is 12.9. The Morgan fingerprint density at radius 1 is 1.07 bits per heavy atom. The molecule has 4 rings (SSSR count). The Bertz CT molecular complexity index is 1410. The highest BCUT2D eigenvalue weighted by atomic mass is 19.1. The van der Waals surface area contributed by atoms with Gasteiger partial charge in [-0.15, -0.1) is 0 Å². The maximum atomic E-state index is 14.5. The fourth-order valence-corrected chi connectivity index (χ4v) is 5.52. The van der Waals surface area contributed by atoms with Crippen molar-refractivity contribution in [1.82, 2.24) is 15.2 Å². The molecule has 10 nitrogen and oxygen atoms in total. The van der Waals surface area contributed by atoms with Gasteiger partial charge in [-0.1, -0.05) is 32.0 Å². The lowest BCUT2D eigenvalue weighted by Gasteiger charge is -2.42. The van der Waals surface area contributed by atoms with Crippen LogP contribution in [0.1, 0.15) is 65.0 Å². The van der Waals surface area contributed by atoms with Crippen LogP contribution in [0.3, 0.4) is 0 Å². The van der Waals surface area contributed by atoms with Crippen LogP contribution in [0.25, 0.3) is 0 Å². The summed E-state index contributed by atoms with van der Waals surface area (Å²) in [6.45, 7) is 9.70. The number of carbonyl (C=O) groups is 3. The van der Waals surface area contributed by atoms with Crippen LogP contribution in [0.15, 0.2) is 47.6 Å². The number of benzene rings is 2. The fourth-order valence-electron chi connectivity index (χ4n) is 5.52. The highest BCUT2D eigenvalue weighted by molar-refractivity contribution is 6.06. The summed E-state index contributed by atoms with van der Waals surface area (Å²) < 4.78 is 30.8. The summed E-state index contributed by atoms with van der Waals surface area (Å²) in [7, 11) is 3.15. The van der Waals surface area contributed by atoms with E-state index in [9.17, 15) is 18.8 Å². The number of halogens is 1. The molecule has 2 aromatic carbocycles. The van der Waals surface area contributed by atoms with Crippen molar-refractivity contribution in [1.29, 1.82) is 0 Å². The Morgan fingerprint density at radius 3 is 2.34 bits per heavy atom. The van der Waals surface area contributed by atoms with Crippen molar-refractivity contribution in [3.8, 4) is 11.5 Å². The Morgan fingerprint density at radius 2 is 1.73 bits per heavy atom. The van der Waals surface area contributed by atoms with Gasteiger partial charge in [-0.3, -0.25) is 9.59 Å². The maximum Gasteiger partial charge on any atom is 0.408 e. The molecule has 238 valence electrons. The Balaban J connectivity index is 1.51. The molecule has 1 N–H and O–H groups in total. The van der Waals surface area contributed by atoms with E-state index >= 15 is 0 Å². The van der Waals surface area contributed by atoms with Crippen LogP contribution in [0.4, 0.5) is 9.18 Å². The van der Waals surface area contributed by atoms with Crippen molar-refractivity contribution >= 4 is 23.6 Å². The first kappa shape index (κ1) is 32.8. The molecule has 0 unspecified atom stereocenters. The molecule has 1 atom stereocenters. The number of methoxy groups -OCH3 is 2. The van der Waals surface area contributed by atoms with E-state index in [2.05, 4.69) is 5.32 Å². The average molecular weight is 611 g/mol. The van der Waals surface area contributed by atoms with Crippen LogP contribution in [-0.2, 0) is 20.7 Å². The molecule has 11 heteroatoms. The van der Waals surface area contributed by atoms with Crippen molar-refractivity contribution < 1.29 is 33.0 Å². The Hall–Kier alpha value is -4.15. The van der Waals surface area contributed by atoms with Crippen LogP contribution in [0.5, 0.6) is 11.5 Å². The minimum absolute atomic E-state index is 0.0253. The van der Waals surface area contributed by atoms with E-state index in [1.54, 1.807) is 63.1 Å². The highest BCUT2D eigenvalue weighted by Gasteiger charge is 2.42. The third-order valence-electron chi connectivity index (χ3n) is 7.83. The molecule has 2 aromatic rings. The van der Waals surface area contributed by atoms with Gasteiger partial charge in [0, 0.05) is 31.5 Å². The minimum atomic E-state index is -1.02. The number of likely N-dealkylation sites (tertiary alicyclic amines) is 1. The molecule has 1 fully saturated rings. The van der Waals surface area contributed by atoms with Gasteiger partial charge in [0.1, 0.15) is 17.5 Å². The summed E-state index contributed by atoms with van der Waals surface area (Å²) in [5, 5.41) is 9.04. The summed E-state index contributed by atoms with van der Waals surface area (Å²) in [5.74, 6) is 0.314. The molecule has 2 aliphatic heterocycles. The molecule has 0 radical (unpaired) electrons. The van der Waals surface area contributed by atoms with E-state index in [4.69, 9.17) is 19.3 Å². The Kier molecular flexibility index (Phi) is 9.85. The minimum Gasteiger partial charge on any atom is -0.493 e. The number of nitrogens with zero attached hydrogens (tertiary/aromatic N) is 3. The quantitative estimate of drug-likeness (QED) is 0.454. The van der Waals surface area contributed by atoms with Gasteiger partial charge in [-0.2, -0.15) is 5.10 Å². The van der Waals surface area contributed by atoms with E-state index in [1.165, 1.54) is 6.07 Å². The normalized spacial score (nSPS) is 17.9. The number of nitrogens with one attached hydrogen (secondary N) is 1. The molecule has 0 spiro atoms. The number of hydrazone groups is 1. The van der Waals surface area contributed by atoms with Crippen LogP contribution < -0.4 is 14.8 Å². The average Bonchev–Trinajstić information content (AvgIpc) is 2.97. The van der Waals surface area contributed by atoms with Crippen molar-refractivity contribution in [2.45, 2.75) is 78.0 Å². The molecule has 1 saturated heterocycles. The first-order valence-electron chi connectivity index (χ1n) is 14.9. The van der Waals surface area contributed by atoms with E-state index < -0.39 is 29.0 Å². The summed E-state index contributed by atoms with van der Waals surface area (Å²) in [4.78, 5) is 41.5. The highest BCUT2D eigenvalue weighted by Crippen LogP contribution is 2.36. The Labute approximate surface area is 258 Å². The zero-order chi connectivity index (χ0) is 32.2. The fraction of sp³-hybridized carbons (Fsp3) is 0.515. The van der Waals surface area contributed by atoms with Gasteiger partial charge >= 0.3 is 6.09 Å². The smallest absolute Gasteiger partial charge is 0.408 e. The molecule has 0 bridgehead atoms. The van der Waals surface area contributed by atoms with Gasteiger partial charge in [0.15, 0.2) is 11.5 Å². The second-order valence-corrected chi connectivity index (χ2v) is 12.9. The van der Waals surface area contributed by atoms with Crippen LogP contribution in [0.2, 0.25) is 0 Å². The molecular weight excluding hydrogens is 567 g/mol. The number of carbonyl (C=O) groups excluding carboxylic acids is 3. The van der Waals surface area contributed by atoms with E-state index in [1.807, 2.05) is 32.0 Å². The first-order chi connectivity index (χ1) is 20.7. The summed E-state index contributed by atoms with van der Waals surface area (Å²) in [6.07, 6.45) is 0.677. The topological polar surface area (TPSA) is 110 Å². The third-order valence-corrected chi connectivity index (χ3v) is 7.83. The predicted octanol–water partition coefficient (Wildman–Crippen LogP) is 4.93. The zero-order valence-corrected chi connectivity index (χ0v) is 26.6. The molecule has 2 aliphatic rings. The molecule has 0 aliphatic carbocycles. The number of hydrogen-bond donors (Lipinski definition) is 1. The monoisotopic (exact) mass is 610 g/mol. The largest absolute Gasteiger partial charge is 0.493 e. The van der Waals surface area contributed by atoms with E-state index in [0.29, 0.717) is 49.4 Å². The maximum absolute atomic E-state index is 14.5. The van der Waals surface area contributed by atoms with Gasteiger partial charge < -0.3 is 24.4 Å². The summed E-state index contributed by atoms with van der Waals surface area (Å²) >= 11 is 0. The van der Waals surface area contributed by atoms with Gasteiger partial charge in [0.25, 0.3) is 0 Å². The third kappa shape index (κ3) is 7.67. The summed E-state index contributed by atoms with van der Waals surface area (Å²) in [6, 6.07) is 10.5. The first-order valence-corrected chi connectivity index (χ1v) is 14.9. The number of hydrogen-bond acceptors (Lipinski definition) is 7. The number of amides is 3. The number of ether oxygens (including phenoxy) is 3. The molecular formula is C33H43FN4O6. The van der Waals surface area contributed by atoms with E-state index in [-0.39, 0.29) is 24.3 Å². The van der Waals surface area contributed by atoms with Crippen LogP contribution >= 0.6 is 0 Å². The van der Waals surface area contributed by atoms with Crippen LogP contribution in [0, 0.1) is 11.2 Å². The lowest BCUT2D eigenvalue weighted by Crippen LogP contribution is -2.56. The van der Waals surface area contributed by atoms with Crippen molar-refractivity contribution in [2.75, 3.05) is 27.3 Å². The van der Waals surface area contributed by atoms with E-state index in [0.717, 1.165) is 11.3 Å². The SMILES string of the molecule is COc1ccc(C2=NN(C3CCN(C(=O)[C@@H](Cc4ccccc4F)NC(=O)OC(C)(C)C)CC3)C(=O)C(C)(C)C2)cc1OC. The summed E-state index contributed by atoms with van der Waals surface area (Å²) in [5.41, 5.74) is 0.471. The van der Waals surface area contributed by atoms with Gasteiger partial charge in [0.05, 0.1) is 31.4 Å². The standard InChI is InChI=1S/C33H43FN4O6/c1-32(2,3)44-31(41)35-25(18-21-10-8-9-11-24(21)34)29(39)37-16-14-23(15-17-37)38-30(40)33(4,5)20-26(36-38)22-12-13-27(42-6)28(19-22)43-7/h8-13,19,23,25H,14-18,20H2,1-7H3,(H,35,41)/t25-/m1/s1. The molecule has 0 saturated carbocycles. The number of rotatable bonds is 8. The lowest BCUT2D eigenvalue weighted by atomic mass is 9.82. The van der Waals surface area contributed by atoms with Gasteiger partial charge in [-0.05, 0) is 63.4 Å². The van der Waals surface area contributed by atoms with Crippen molar-refractivity contribution in [2.24, 2.45) is 10.5 Å². The number of piperidine rings is 1. The molecule has 2 heterocycles. The lowest BCUT2D eigenvalue weighted by molar-refractivity contribution is -0.145. The second kappa shape index (κ2) is 13.2. The number of alkyl carbamates (subject to hydrolysis) is 1. The predicted molar refractivity (Wildman–Crippen MR) is 164 cm³/mol. The molecule has 0 aromatic heterocycles. The van der Waals surface area contributed by atoms with Gasteiger partial charge in [0.2, 0.25) is 11.8 Å². The molecule has 3 amide bonds. The van der Waals surface area contributed by atoms with Crippen LogP contribution in [-0.4, -0.2) is 78.5 Å². The zero-order valence-electron chi connectivity index (χ0n) is 26.6. The molecule has 44 heavy (non-hydrogen) atoms. The van der Waals surface area contributed by atoms with Crippen molar-refractivity contribution in [3.63, 3.8) is 0 Å².